The van der Waals surface area contributed by atoms with Gasteiger partial charge >= 0.3 is 0 Å². The van der Waals surface area contributed by atoms with E-state index in [1.807, 2.05) is 38.1 Å². The zero-order chi connectivity index (χ0) is 15.1. The maximum absolute atomic E-state index is 12.6. The first-order valence-corrected chi connectivity index (χ1v) is 6.92. The molecule has 0 spiro atoms. The van der Waals surface area contributed by atoms with E-state index in [0.29, 0.717) is 23.3 Å². The summed E-state index contributed by atoms with van der Waals surface area (Å²) in [6.45, 7) is 5.53. The summed E-state index contributed by atoms with van der Waals surface area (Å²) in [4.78, 5) is 12.6. The quantitative estimate of drug-likeness (QED) is 0.800. The molecular weight excluding hydrogens is 266 g/mol. The molecule has 1 aliphatic rings. The molecule has 1 atom stereocenters. The van der Waals surface area contributed by atoms with Gasteiger partial charge in [0, 0.05) is 0 Å². The third-order valence-corrected chi connectivity index (χ3v) is 3.89. The minimum atomic E-state index is -0.337. The molecule has 0 saturated carbocycles. The molecule has 0 fully saturated rings. The van der Waals surface area contributed by atoms with Gasteiger partial charge in [-0.1, -0.05) is 19.1 Å². The second-order valence-electron chi connectivity index (χ2n) is 5.21. The van der Waals surface area contributed by atoms with Crippen molar-refractivity contribution in [3.05, 3.63) is 50.9 Å². The summed E-state index contributed by atoms with van der Waals surface area (Å²) in [5, 5.41) is 9.16. The van der Waals surface area contributed by atoms with Gasteiger partial charge in [0.25, 0.3) is 0 Å². The van der Waals surface area contributed by atoms with Crippen molar-refractivity contribution in [1.82, 2.24) is 0 Å². The van der Waals surface area contributed by atoms with Gasteiger partial charge in [0.15, 0.2) is 5.43 Å². The van der Waals surface area contributed by atoms with E-state index in [4.69, 9.17) is 14.4 Å². The topological polar surface area (TPSA) is 63.2 Å². The number of para-hydroxylation sites is 1. The van der Waals surface area contributed by atoms with E-state index in [0.717, 1.165) is 16.9 Å². The van der Waals surface area contributed by atoms with Crippen molar-refractivity contribution < 1.29 is 9.15 Å². The zero-order valence-corrected chi connectivity index (χ0v) is 12.2. The maximum atomic E-state index is 12.6. The molecule has 0 saturated heterocycles. The predicted molar refractivity (Wildman–Crippen MR) is 78.3 cm³/mol. The van der Waals surface area contributed by atoms with Gasteiger partial charge in [-0.05, 0) is 31.9 Å². The smallest absolute Gasteiger partial charge is 0.210 e. The van der Waals surface area contributed by atoms with Crippen LogP contribution in [0.1, 0.15) is 41.9 Å². The molecule has 4 nitrogen and oxygen atoms in total. The second-order valence-corrected chi connectivity index (χ2v) is 5.21. The lowest BCUT2D eigenvalue weighted by molar-refractivity contribution is 0.190. The molecule has 0 amide bonds. The number of hydrogen-bond acceptors (Lipinski definition) is 4. The Kier molecular flexibility index (Phi) is 3.06. The monoisotopic (exact) mass is 281 g/mol. The Balaban J connectivity index is 2.42. The van der Waals surface area contributed by atoms with Crippen LogP contribution >= 0.6 is 0 Å². The fraction of sp³-hybridized carbons (Fsp3) is 0.294. The Morgan fingerprint density at radius 2 is 2.10 bits per heavy atom. The van der Waals surface area contributed by atoms with Crippen LogP contribution in [0.25, 0.3) is 11.3 Å². The molecule has 0 bridgehead atoms. The second kappa shape index (κ2) is 4.78. The molecule has 0 radical (unpaired) electrons. The fourth-order valence-electron chi connectivity index (χ4n) is 2.72. The van der Waals surface area contributed by atoms with Crippen molar-refractivity contribution in [3.63, 3.8) is 0 Å². The molecule has 2 aromatic rings. The molecule has 1 aromatic carbocycles. The van der Waals surface area contributed by atoms with Crippen molar-refractivity contribution in [2.45, 2.75) is 33.3 Å². The van der Waals surface area contributed by atoms with Gasteiger partial charge in [-0.2, -0.15) is 5.26 Å². The number of nitriles is 1. The minimum Gasteiger partial charge on any atom is -0.484 e. The highest BCUT2D eigenvalue weighted by atomic mass is 16.5. The van der Waals surface area contributed by atoms with E-state index >= 15 is 0 Å². The largest absolute Gasteiger partial charge is 0.484 e. The van der Waals surface area contributed by atoms with Crippen molar-refractivity contribution in [2.75, 3.05) is 0 Å². The van der Waals surface area contributed by atoms with E-state index in [-0.39, 0.29) is 17.3 Å². The molecule has 21 heavy (non-hydrogen) atoms. The highest BCUT2D eigenvalue weighted by Crippen LogP contribution is 2.44. The molecule has 4 heteroatoms. The molecule has 1 aromatic heterocycles. The Morgan fingerprint density at radius 3 is 2.76 bits per heavy atom. The van der Waals surface area contributed by atoms with Crippen LogP contribution in [0.3, 0.4) is 0 Å². The van der Waals surface area contributed by atoms with E-state index in [1.165, 1.54) is 0 Å². The summed E-state index contributed by atoms with van der Waals surface area (Å²) >= 11 is 0. The normalized spacial score (nSPS) is 15.6. The number of ether oxygens (including phenoxy) is 1. The fourth-order valence-corrected chi connectivity index (χ4v) is 2.72. The Labute approximate surface area is 122 Å². The lowest BCUT2D eigenvalue weighted by Crippen LogP contribution is -2.25. The Morgan fingerprint density at radius 1 is 1.33 bits per heavy atom. The van der Waals surface area contributed by atoms with Gasteiger partial charge < -0.3 is 9.15 Å². The number of benzene rings is 1. The van der Waals surface area contributed by atoms with Crippen molar-refractivity contribution in [3.8, 4) is 23.1 Å². The first-order valence-electron chi connectivity index (χ1n) is 6.92. The van der Waals surface area contributed by atoms with Crippen LogP contribution < -0.4 is 10.2 Å². The van der Waals surface area contributed by atoms with Crippen LogP contribution in [0.15, 0.2) is 27.4 Å². The predicted octanol–water partition coefficient (Wildman–Crippen LogP) is 3.64. The SMILES string of the molecule is CCC1Oc2c(C)cccc2-c2oc(C#N)c(C)c(=O)c21. The van der Waals surface area contributed by atoms with Crippen LogP contribution in [-0.2, 0) is 0 Å². The standard InChI is InChI=1S/C17H15NO3/c1-4-12-14-15(19)10(3)13(8-18)21-17(14)11-7-5-6-9(2)16(11)20-12/h5-7,12H,4H2,1-3H3. The lowest BCUT2D eigenvalue weighted by atomic mass is 9.94. The van der Waals surface area contributed by atoms with Gasteiger partial charge in [-0.3, -0.25) is 4.79 Å². The molecule has 1 aliphatic heterocycles. The summed E-state index contributed by atoms with van der Waals surface area (Å²) < 4.78 is 11.7. The van der Waals surface area contributed by atoms with Gasteiger partial charge in [0.2, 0.25) is 5.76 Å². The summed E-state index contributed by atoms with van der Waals surface area (Å²) in [5.41, 5.74) is 2.43. The third-order valence-electron chi connectivity index (χ3n) is 3.89. The molecule has 3 rings (SSSR count). The van der Waals surface area contributed by atoms with E-state index in [1.54, 1.807) is 6.92 Å². The zero-order valence-electron chi connectivity index (χ0n) is 12.2. The van der Waals surface area contributed by atoms with Crippen molar-refractivity contribution in [1.29, 1.82) is 5.26 Å². The molecule has 1 unspecified atom stereocenters. The van der Waals surface area contributed by atoms with Crippen LogP contribution in [0.4, 0.5) is 0 Å². The Bertz CT molecular complexity index is 827. The van der Waals surface area contributed by atoms with Crippen LogP contribution in [0.2, 0.25) is 0 Å². The number of rotatable bonds is 1. The molecule has 2 heterocycles. The lowest BCUT2D eigenvalue weighted by Gasteiger charge is -2.27. The van der Waals surface area contributed by atoms with E-state index in [9.17, 15) is 4.79 Å². The number of aryl methyl sites for hydroxylation is 1. The van der Waals surface area contributed by atoms with Gasteiger partial charge in [-0.25, -0.2) is 0 Å². The van der Waals surface area contributed by atoms with Gasteiger partial charge in [0.1, 0.15) is 23.7 Å². The summed E-state index contributed by atoms with van der Waals surface area (Å²) in [6.07, 6.45) is 0.327. The summed E-state index contributed by atoms with van der Waals surface area (Å²) in [6, 6.07) is 7.65. The summed E-state index contributed by atoms with van der Waals surface area (Å²) in [5.74, 6) is 1.27. The highest BCUT2D eigenvalue weighted by Gasteiger charge is 2.32. The number of hydrogen-bond donors (Lipinski definition) is 0. The highest BCUT2D eigenvalue weighted by molar-refractivity contribution is 5.73. The maximum Gasteiger partial charge on any atom is 0.210 e. The van der Waals surface area contributed by atoms with E-state index in [2.05, 4.69) is 0 Å². The number of nitrogens with zero attached hydrogens (tertiary/aromatic N) is 1. The van der Waals surface area contributed by atoms with E-state index < -0.39 is 0 Å². The molecule has 0 aliphatic carbocycles. The van der Waals surface area contributed by atoms with Crippen LogP contribution in [-0.4, -0.2) is 0 Å². The first kappa shape index (κ1) is 13.4. The Hall–Kier alpha value is -2.54. The van der Waals surface area contributed by atoms with Crippen LogP contribution in [0.5, 0.6) is 5.75 Å². The third kappa shape index (κ3) is 1.85. The molecular formula is C17H15NO3. The number of fused-ring (bicyclic) bond motifs is 3. The molecule has 0 N–H and O–H groups in total. The van der Waals surface area contributed by atoms with Gasteiger partial charge in [-0.15, -0.1) is 0 Å². The minimum absolute atomic E-state index is 0.0722. The van der Waals surface area contributed by atoms with Gasteiger partial charge in [0.05, 0.1) is 16.7 Å². The average molecular weight is 281 g/mol. The molecule has 106 valence electrons. The first-order chi connectivity index (χ1) is 10.1. The average Bonchev–Trinajstić information content (AvgIpc) is 2.50. The summed E-state index contributed by atoms with van der Waals surface area (Å²) in [7, 11) is 0. The van der Waals surface area contributed by atoms with Crippen LogP contribution in [0, 0.1) is 25.2 Å². The van der Waals surface area contributed by atoms with Crippen molar-refractivity contribution >= 4 is 0 Å². The van der Waals surface area contributed by atoms with Crippen molar-refractivity contribution in [2.24, 2.45) is 0 Å².